The summed E-state index contributed by atoms with van der Waals surface area (Å²) in [5.74, 6) is -0.360. The second-order valence-corrected chi connectivity index (χ2v) is 10.9. The Morgan fingerprint density at radius 3 is 2.27 bits per heavy atom. The third kappa shape index (κ3) is 3.52. The van der Waals surface area contributed by atoms with Gasteiger partial charge in [-0.05, 0) is 75.3 Å². The van der Waals surface area contributed by atoms with Crippen molar-refractivity contribution < 1.29 is 19.4 Å². The molecule has 3 aliphatic rings. The van der Waals surface area contributed by atoms with E-state index < -0.39 is 22.5 Å². The molecule has 5 rings (SSSR count). The minimum atomic E-state index is -2.04. The van der Waals surface area contributed by atoms with Crippen molar-refractivity contribution in [3.8, 4) is 11.7 Å². The fraction of sp³-hybridized carbons (Fsp3) is 0.591. The van der Waals surface area contributed by atoms with Crippen LogP contribution < -0.4 is 4.74 Å². The van der Waals surface area contributed by atoms with Gasteiger partial charge >= 0.3 is 5.97 Å². The normalized spacial score (nSPS) is 22.1. The molecule has 166 valence electrons. The van der Waals surface area contributed by atoms with Crippen molar-refractivity contribution in [3.05, 3.63) is 35.1 Å². The summed E-state index contributed by atoms with van der Waals surface area (Å²) in [6.45, 7) is 5.30. The molecule has 33 heavy (non-hydrogen) atoms. The van der Waals surface area contributed by atoms with Crippen LogP contribution >= 0.6 is 11.6 Å². The third-order valence-electron chi connectivity index (χ3n) is 7.18. The quantitative estimate of drug-likeness (QED) is 0.404. The fourth-order valence-corrected chi connectivity index (χ4v) is 5.66. The number of fused-ring (bicyclic) bond motifs is 1. The zero-order chi connectivity index (χ0) is 24.0. The molecule has 2 aromatic rings. The molecule has 7 nitrogen and oxygen atoms in total. The highest BCUT2D eigenvalue weighted by Crippen LogP contribution is 2.94. The molecule has 11 heteroatoms. The summed E-state index contributed by atoms with van der Waals surface area (Å²) < 4.78 is 12.4. The van der Waals surface area contributed by atoms with Gasteiger partial charge in [0.05, 0.1) is 5.56 Å². The van der Waals surface area contributed by atoms with Gasteiger partial charge in [-0.25, -0.2) is 14.5 Å². The molecule has 0 bridgehead atoms. The number of ether oxygens (including phenoxy) is 2. The van der Waals surface area contributed by atoms with Crippen molar-refractivity contribution in [2.45, 2.75) is 63.0 Å². The summed E-state index contributed by atoms with van der Waals surface area (Å²) in [6, 6.07) is 4.60. The smallest absolute Gasteiger partial charge is 0.341 e. The largest absolute Gasteiger partial charge is 0.488 e. The number of rotatable bonds is 6. The second kappa shape index (κ2) is 6.82. The van der Waals surface area contributed by atoms with Crippen LogP contribution in [0.2, 0.25) is 5.15 Å². The SMILES string of the molecule is [B]C([B])(Oc1ccn(-c2ccc(C(=O)OC(C)(C)C)c(Cl)n2)n1)C([B])(O)C1C2(CC2)C12CC2. The van der Waals surface area contributed by atoms with Crippen LogP contribution in [0.3, 0.4) is 0 Å². The number of carbonyl (C=O) groups excluding carboxylic acids is 1. The molecule has 0 aliphatic heterocycles. The van der Waals surface area contributed by atoms with Gasteiger partial charge in [0.25, 0.3) is 0 Å². The van der Waals surface area contributed by atoms with E-state index in [-0.39, 0.29) is 33.3 Å². The Hall–Kier alpha value is -1.93. The Bertz CT molecular complexity index is 1120. The van der Waals surface area contributed by atoms with E-state index in [2.05, 4.69) is 10.1 Å². The maximum atomic E-state index is 12.3. The number of esters is 1. The lowest BCUT2D eigenvalue weighted by Crippen LogP contribution is -2.62. The molecular weight excluding hydrogens is 438 g/mol. The summed E-state index contributed by atoms with van der Waals surface area (Å²) in [4.78, 5) is 16.5. The van der Waals surface area contributed by atoms with Crippen LogP contribution in [-0.4, -0.2) is 65.9 Å². The molecule has 1 atom stereocenters. The molecule has 0 saturated heterocycles. The van der Waals surface area contributed by atoms with Gasteiger partial charge in [-0.3, -0.25) is 0 Å². The summed E-state index contributed by atoms with van der Waals surface area (Å²) in [7, 11) is 18.6. The number of hydrogen-bond acceptors (Lipinski definition) is 6. The zero-order valence-corrected chi connectivity index (χ0v) is 19.6. The highest BCUT2D eigenvalue weighted by atomic mass is 35.5. The van der Waals surface area contributed by atoms with Crippen LogP contribution in [0.15, 0.2) is 24.4 Å². The van der Waals surface area contributed by atoms with Crippen molar-refractivity contribution in [2.75, 3.05) is 0 Å². The van der Waals surface area contributed by atoms with Gasteiger partial charge < -0.3 is 14.6 Å². The van der Waals surface area contributed by atoms with Gasteiger partial charge in [-0.2, -0.15) is 0 Å². The van der Waals surface area contributed by atoms with Crippen molar-refractivity contribution in [3.63, 3.8) is 0 Å². The number of hydrogen-bond donors (Lipinski definition) is 1. The second-order valence-electron chi connectivity index (χ2n) is 10.6. The number of aromatic nitrogens is 3. The number of pyridine rings is 1. The third-order valence-corrected chi connectivity index (χ3v) is 7.47. The van der Waals surface area contributed by atoms with Crippen molar-refractivity contribution in [1.82, 2.24) is 14.8 Å². The Labute approximate surface area is 201 Å². The van der Waals surface area contributed by atoms with Crippen LogP contribution in [0.5, 0.6) is 5.88 Å². The maximum Gasteiger partial charge on any atom is 0.341 e. The van der Waals surface area contributed by atoms with Gasteiger partial charge in [0.15, 0.2) is 5.82 Å². The predicted octanol–water partition coefficient (Wildman–Crippen LogP) is 2.29. The van der Waals surface area contributed by atoms with E-state index in [1.54, 1.807) is 33.0 Å². The Morgan fingerprint density at radius 1 is 1.15 bits per heavy atom. The highest BCUT2D eigenvalue weighted by Gasteiger charge is 2.90. The Balaban J connectivity index is 1.31. The van der Waals surface area contributed by atoms with Crippen LogP contribution in [0.25, 0.3) is 5.82 Å². The van der Waals surface area contributed by atoms with Crippen LogP contribution in [-0.2, 0) is 4.74 Å². The first-order valence-electron chi connectivity index (χ1n) is 11.0. The summed E-state index contributed by atoms with van der Waals surface area (Å²) in [5, 5.41) is 13.3. The minimum absolute atomic E-state index is 0.0266. The topological polar surface area (TPSA) is 86.5 Å². The summed E-state index contributed by atoms with van der Waals surface area (Å²) in [5.41, 5.74) is -2.28. The lowest BCUT2D eigenvalue weighted by Gasteiger charge is -2.42. The standard InChI is InChI=1S/C22H23B3ClN3O4/c1-18(2,3)33-16(30)12-4-5-13(27-15(12)26)29-11-6-14(28-29)32-22(24,25)21(23,31)17-19(7-8-19)20(17)9-10-20/h4-6,11,17,31H,7-10H2,1-3H3. The first kappa shape index (κ1) is 22.8. The molecule has 0 amide bonds. The maximum absolute atomic E-state index is 12.3. The molecule has 3 saturated carbocycles. The fourth-order valence-electron chi connectivity index (χ4n) is 5.43. The first-order valence-corrected chi connectivity index (χ1v) is 11.3. The number of nitrogens with zero attached hydrogens (tertiary/aromatic N) is 3. The van der Waals surface area contributed by atoms with E-state index in [0.717, 1.165) is 25.7 Å². The average Bonchev–Trinajstić information content (AvgIpc) is 3.63. The van der Waals surface area contributed by atoms with E-state index >= 15 is 0 Å². The van der Waals surface area contributed by atoms with Crippen molar-refractivity contribution >= 4 is 41.1 Å². The van der Waals surface area contributed by atoms with E-state index in [4.69, 9.17) is 44.6 Å². The van der Waals surface area contributed by atoms with E-state index in [9.17, 15) is 9.90 Å². The van der Waals surface area contributed by atoms with Gasteiger partial charge in [0.1, 0.15) is 34.3 Å². The Morgan fingerprint density at radius 2 is 1.76 bits per heavy atom. The van der Waals surface area contributed by atoms with Gasteiger partial charge in [0, 0.05) is 23.2 Å². The zero-order valence-electron chi connectivity index (χ0n) is 18.8. The molecule has 1 N–H and O–H groups in total. The molecule has 0 aromatic carbocycles. The molecule has 6 radical (unpaired) electrons. The first-order chi connectivity index (χ1) is 15.2. The molecule has 3 aliphatic carbocycles. The van der Waals surface area contributed by atoms with Gasteiger partial charge in [0.2, 0.25) is 5.88 Å². The van der Waals surface area contributed by atoms with Gasteiger partial charge in [-0.15, -0.1) is 5.10 Å². The van der Waals surface area contributed by atoms with Crippen molar-refractivity contribution in [1.29, 1.82) is 0 Å². The van der Waals surface area contributed by atoms with Crippen LogP contribution in [0, 0.1) is 16.7 Å². The molecule has 2 aromatic heterocycles. The molecule has 3 fully saturated rings. The lowest BCUT2D eigenvalue weighted by atomic mass is 9.47. The highest BCUT2D eigenvalue weighted by molar-refractivity contribution is 6.44. The molecular formula is C22H23B3ClN3O4. The predicted molar refractivity (Wildman–Crippen MR) is 124 cm³/mol. The number of aliphatic hydroxyl groups is 1. The monoisotopic (exact) mass is 461 g/mol. The van der Waals surface area contributed by atoms with E-state index in [0.29, 0.717) is 5.82 Å². The minimum Gasteiger partial charge on any atom is -0.488 e. The molecule has 2 heterocycles. The number of carbonyl (C=O) groups is 1. The molecule has 2 spiro atoms. The summed E-state index contributed by atoms with van der Waals surface area (Å²) >= 11 is 6.21. The van der Waals surface area contributed by atoms with Crippen LogP contribution in [0.1, 0.15) is 56.8 Å². The Kier molecular flexibility index (Phi) is 4.72. The lowest BCUT2D eigenvalue weighted by molar-refractivity contribution is -0.00719. The molecule has 1 unspecified atom stereocenters. The number of halogens is 1. The average molecular weight is 461 g/mol. The summed E-state index contributed by atoms with van der Waals surface area (Å²) in [6.07, 6.45) is 5.71. The van der Waals surface area contributed by atoms with Crippen LogP contribution in [0.4, 0.5) is 0 Å². The van der Waals surface area contributed by atoms with Gasteiger partial charge in [-0.1, -0.05) is 11.6 Å². The van der Waals surface area contributed by atoms with Crippen molar-refractivity contribution in [2.24, 2.45) is 16.7 Å². The van der Waals surface area contributed by atoms with E-state index in [1.807, 2.05) is 0 Å². The van der Waals surface area contributed by atoms with E-state index in [1.165, 1.54) is 16.8 Å².